The van der Waals surface area contributed by atoms with Crippen LogP contribution < -0.4 is 10.1 Å². The Hall–Kier alpha value is -2.12. The summed E-state index contributed by atoms with van der Waals surface area (Å²) in [5.74, 6) is 1.35. The zero-order valence-corrected chi connectivity index (χ0v) is 16.1. The number of amides is 2. The minimum absolute atomic E-state index is 0.0177. The molecule has 1 aromatic carbocycles. The number of benzene rings is 1. The molecule has 1 saturated carbocycles. The highest BCUT2D eigenvalue weighted by Crippen LogP contribution is 2.36. The summed E-state index contributed by atoms with van der Waals surface area (Å²) < 4.78 is 10.1. The molecule has 1 atom stereocenters. The molecule has 0 spiro atoms. The number of piperazine rings is 1. The first-order valence-electron chi connectivity index (χ1n) is 9.53. The average molecular weight is 375 g/mol. The van der Waals surface area contributed by atoms with Crippen molar-refractivity contribution in [3.05, 3.63) is 29.8 Å². The Balaban J connectivity index is 1.52. The maximum Gasteiger partial charge on any atom is 0.248 e. The lowest BCUT2D eigenvalue weighted by molar-refractivity contribution is -0.138. The van der Waals surface area contributed by atoms with Crippen LogP contribution >= 0.6 is 0 Å². The molecule has 2 amide bonds. The molecule has 2 aliphatic rings. The van der Waals surface area contributed by atoms with E-state index in [1.54, 1.807) is 7.11 Å². The molecule has 3 rings (SSSR count). The van der Waals surface area contributed by atoms with E-state index < -0.39 is 0 Å². The molecule has 7 nitrogen and oxygen atoms in total. The van der Waals surface area contributed by atoms with Gasteiger partial charge in [0.1, 0.15) is 12.4 Å². The molecule has 0 radical (unpaired) electrons. The molecule has 148 valence electrons. The van der Waals surface area contributed by atoms with Crippen LogP contribution in [0.5, 0.6) is 5.75 Å². The molecule has 1 aliphatic heterocycles. The van der Waals surface area contributed by atoms with Crippen LogP contribution in [0.15, 0.2) is 24.3 Å². The topological polar surface area (TPSA) is 71.1 Å². The van der Waals surface area contributed by atoms with Crippen LogP contribution in [-0.2, 0) is 20.9 Å². The maximum atomic E-state index is 12.9. The zero-order chi connectivity index (χ0) is 19.2. The number of hydrogen-bond acceptors (Lipinski definition) is 5. The number of nitrogens with zero attached hydrogens (tertiary/aromatic N) is 2. The standard InChI is InChI=1S/C20H29N3O4/c1-26-14-18(24)22-9-11-23(12-10-22)19(16-5-6-16)20(25)21-13-15-3-7-17(27-2)8-4-15/h3-4,7-8,16,19H,5-6,9-14H2,1-2H3,(H,21,25). The Morgan fingerprint density at radius 1 is 1.11 bits per heavy atom. The fourth-order valence-electron chi connectivity index (χ4n) is 3.59. The Labute approximate surface area is 160 Å². The van der Waals surface area contributed by atoms with Gasteiger partial charge in [0.15, 0.2) is 0 Å². The van der Waals surface area contributed by atoms with E-state index in [0.717, 1.165) is 37.2 Å². The lowest BCUT2D eigenvalue weighted by atomic mass is 10.1. The third-order valence-electron chi connectivity index (χ3n) is 5.29. The summed E-state index contributed by atoms with van der Waals surface area (Å²) in [4.78, 5) is 28.9. The monoisotopic (exact) mass is 375 g/mol. The highest BCUT2D eigenvalue weighted by molar-refractivity contribution is 5.82. The van der Waals surface area contributed by atoms with Crippen molar-refractivity contribution in [2.24, 2.45) is 5.92 Å². The highest BCUT2D eigenvalue weighted by Gasteiger charge is 2.41. The van der Waals surface area contributed by atoms with E-state index in [1.165, 1.54) is 7.11 Å². The van der Waals surface area contributed by atoms with Crippen LogP contribution in [-0.4, -0.2) is 74.7 Å². The SMILES string of the molecule is COCC(=O)N1CCN(C(C(=O)NCc2ccc(OC)cc2)C2CC2)CC1. The normalized spacial score (nSPS) is 18.8. The van der Waals surface area contributed by atoms with E-state index in [0.29, 0.717) is 25.6 Å². The van der Waals surface area contributed by atoms with Crippen molar-refractivity contribution in [1.82, 2.24) is 15.1 Å². The second kappa shape index (κ2) is 9.19. The van der Waals surface area contributed by atoms with E-state index in [1.807, 2.05) is 29.2 Å². The Morgan fingerprint density at radius 2 is 1.78 bits per heavy atom. The molecular weight excluding hydrogens is 346 g/mol. The van der Waals surface area contributed by atoms with Crippen molar-refractivity contribution >= 4 is 11.8 Å². The summed E-state index contributed by atoms with van der Waals surface area (Å²) in [6.07, 6.45) is 2.20. The van der Waals surface area contributed by atoms with Gasteiger partial charge < -0.3 is 19.7 Å². The van der Waals surface area contributed by atoms with Gasteiger partial charge in [0.2, 0.25) is 11.8 Å². The van der Waals surface area contributed by atoms with Crippen molar-refractivity contribution in [2.75, 3.05) is 47.0 Å². The number of methoxy groups -OCH3 is 2. The Morgan fingerprint density at radius 3 is 2.33 bits per heavy atom. The van der Waals surface area contributed by atoms with Crippen molar-refractivity contribution < 1.29 is 19.1 Å². The van der Waals surface area contributed by atoms with E-state index in [2.05, 4.69) is 10.2 Å². The van der Waals surface area contributed by atoms with Crippen LogP contribution in [0.3, 0.4) is 0 Å². The van der Waals surface area contributed by atoms with Gasteiger partial charge in [-0.2, -0.15) is 0 Å². The summed E-state index contributed by atoms with van der Waals surface area (Å²) in [6.45, 7) is 3.39. The van der Waals surface area contributed by atoms with E-state index in [4.69, 9.17) is 9.47 Å². The van der Waals surface area contributed by atoms with E-state index in [9.17, 15) is 9.59 Å². The number of carbonyl (C=O) groups is 2. The third kappa shape index (κ3) is 5.20. The Bertz CT molecular complexity index is 637. The molecule has 2 fully saturated rings. The molecule has 1 heterocycles. The molecule has 1 N–H and O–H groups in total. The zero-order valence-electron chi connectivity index (χ0n) is 16.1. The van der Waals surface area contributed by atoms with Crippen molar-refractivity contribution in [3.63, 3.8) is 0 Å². The number of nitrogens with one attached hydrogen (secondary N) is 1. The van der Waals surface area contributed by atoms with Gasteiger partial charge in [0, 0.05) is 39.8 Å². The van der Waals surface area contributed by atoms with Crippen molar-refractivity contribution in [3.8, 4) is 5.75 Å². The van der Waals surface area contributed by atoms with Gasteiger partial charge in [-0.15, -0.1) is 0 Å². The van der Waals surface area contributed by atoms with Crippen LogP contribution in [0, 0.1) is 5.92 Å². The maximum absolute atomic E-state index is 12.9. The van der Waals surface area contributed by atoms with Crippen LogP contribution in [0.4, 0.5) is 0 Å². The second-order valence-electron chi connectivity index (χ2n) is 7.20. The Kier molecular flexibility index (Phi) is 6.68. The third-order valence-corrected chi connectivity index (χ3v) is 5.29. The van der Waals surface area contributed by atoms with Gasteiger partial charge in [-0.1, -0.05) is 12.1 Å². The molecule has 1 aromatic rings. The molecule has 0 bridgehead atoms. The largest absolute Gasteiger partial charge is 0.497 e. The number of rotatable bonds is 8. The molecular formula is C20H29N3O4. The molecule has 7 heteroatoms. The summed E-state index contributed by atoms with van der Waals surface area (Å²) in [6, 6.07) is 7.63. The predicted molar refractivity (Wildman–Crippen MR) is 101 cm³/mol. The molecule has 1 aliphatic carbocycles. The highest BCUT2D eigenvalue weighted by atomic mass is 16.5. The minimum atomic E-state index is -0.0945. The minimum Gasteiger partial charge on any atom is -0.497 e. The van der Waals surface area contributed by atoms with Crippen LogP contribution in [0.2, 0.25) is 0 Å². The summed E-state index contributed by atoms with van der Waals surface area (Å²) >= 11 is 0. The van der Waals surface area contributed by atoms with Crippen molar-refractivity contribution in [1.29, 1.82) is 0 Å². The molecule has 1 unspecified atom stereocenters. The number of ether oxygens (including phenoxy) is 2. The van der Waals surface area contributed by atoms with E-state index >= 15 is 0 Å². The summed E-state index contributed by atoms with van der Waals surface area (Å²) in [5.41, 5.74) is 1.05. The number of hydrogen-bond donors (Lipinski definition) is 1. The lowest BCUT2D eigenvalue weighted by Gasteiger charge is -2.38. The van der Waals surface area contributed by atoms with Gasteiger partial charge in [-0.05, 0) is 36.5 Å². The van der Waals surface area contributed by atoms with Gasteiger partial charge >= 0.3 is 0 Å². The summed E-state index contributed by atoms with van der Waals surface area (Å²) in [7, 11) is 3.17. The first kappa shape index (κ1) is 19.6. The first-order valence-corrected chi connectivity index (χ1v) is 9.53. The average Bonchev–Trinajstić information content (AvgIpc) is 3.52. The van der Waals surface area contributed by atoms with Gasteiger partial charge in [-0.25, -0.2) is 0 Å². The van der Waals surface area contributed by atoms with Gasteiger partial charge in [0.05, 0.1) is 13.2 Å². The quantitative estimate of drug-likeness (QED) is 0.730. The molecule has 1 saturated heterocycles. The predicted octanol–water partition coefficient (Wildman–Crippen LogP) is 0.881. The fourth-order valence-corrected chi connectivity index (χ4v) is 3.59. The number of carbonyl (C=O) groups excluding carboxylic acids is 2. The first-order chi connectivity index (χ1) is 13.1. The molecule has 27 heavy (non-hydrogen) atoms. The van der Waals surface area contributed by atoms with Crippen molar-refractivity contribution in [2.45, 2.75) is 25.4 Å². The fraction of sp³-hybridized carbons (Fsp3) is 0.600. The van der Waals surface area contributed by atoms with Gasteiger partial charge in [0.25, 0.3) is 0 Å². The smallest absolute Gasteiger partial charge is 0.248 e. The van der Waals surface area contributed by atoms with Crippen LogP contribution in [0.25, 0.3) is 0 Å². The van der Waals surface area contributed by atoms with Crippen LogP contribution in [0.1, 0.15) is 18.4 Å². The molecule has 0 aromatic heterocycles. The summed E-state index contributed by atoms with van der Waals surface area (Å²) in [5, 5.41) is 3.09. The van der Waals surface area contributed by atoms with E-state index in [-0.39, 0.29) is 24.5 Å². The van der Waals surface area contributed by atoms with Gasteiger partial charge in [-0.3, -0.25) is 14.5 Å². The second-order valence-corrected chi connectivity index (χ2v) is 7.20. The lowest BCUT2D eigenvalue weighted by Crippen LogP contribution is -2.57.